The molecule has 0 heterocycles. The van der Waals surface area contributed by atoms with Gasteiger partial charge in [0.05, 0.1) is 0 Å². The molecule has 0 saturated heterocycles. The summed E-state index contributed by atoms with van der Waals surface area (Å²) in [7, 11) is -0.179. The minimum atomic E-state index is -3.07. The number of hydrogen-bond donors (Lipinski definition) is 1. The average Bonchev–Trinajstić information content (AvgIpc) is 2.18. The molecule has 74 valence electrons. The summed E-state index contributed by atoms with van der Waals surface area (Å²) < 4.78 is 9.89. The second kappa shape index (κ2) is 5.13. The third-order valence-electron chi connectivity index (χ3n) is 1.69. The van der Waals surface area contributed by atoms with Crippen LogP contribution < -0.4 is 5.19 Å². The fourth-order valence-corrected chi connectivity index (χ4v) is 2.22. The Kier molecular flexibility index (Phi) is 4.86. The van der Waals surface area contributed by atoms with Crippen LogP contribution in [0.4, 0.5) is 0 Å². The first-order valence-corrected chi connectivity index (χ1v) is 5.37. The fraction of sp³-hybridized carbons (Fsp3) is 0.333. The lowest BCUT2D eigenvalue weighted by molar-refractivity contribution is 0.169. The molecule has 13 heavy (non-hydrogen) atoms. The lowest BCUT2D eigenvalue weighted by Gasteiger charge is -2.19. The Morgan fingerprint density at radius 2 is 1.54 bits per heavy atom. The van der Waals surface area contributed by atoms with Crippen molar-refractivity contribution >= 4 is 14.0 Å². The maximum Gasteiger partial charge on any atom is 0.533 e. The molecule has 1 N–H and O–H groups in total. The van der Waals surface area contributed by atoms with E-state index in [1.807, 2.05) is 18.2 Å². The molecule has 0 aromatic heterocycles. The predicted molar refractivity (Wildman–Crippen MR) is 54.8 cm³/mol. The molecule has 0 spiro atoms. The van der Waals surface area contributed by atoms with Gasteiger partial charge in [0, 0.05) is 19.4 Å². The second-order valence-electron chi connectivity index (χ2n) is 2.36. The van der Waals surface area contributed by atoms with Crippen LogP contribution in [0, 0.1) is 0 Å². The van der Waals surface area contributed by atoms with E-state index >= 15 is 0 Å². The Morgan fingerprint density at radius 3 is 1.92 bits per heavy atom. The lowest BCUT2D eigenvalue weighted by atomic mass is 10.4. The van der Waals surface area contributed by atoms with Crippen LogP contribution in [0.25, 0.3) is 0 Å². The van der Waals surface area contributed by atoms with Crippen LogP contribution in [0.15, 0.2) is 30.3 Å². The summed E-state index contributed by atoms with van der Waals surface area (Å²) in [6.07, 6.45) is 0. The van der Waals surface area contributed by atoms with Gasteiger partial charge in [0.25, 0.3) is 0 Å². The van der Waals surface area contributed by atoms with Gasteiger partial charge in [-0.05, 0) is 0 Å². The summed E-state index contributed by atoms with van der Waals surface area (Å²) in [5, 5.41) is 0.718. The standard InChI is InChI=1S/C8H12O3Si.CH4/c1-10-12(9,11-2)8-6-4-3-5-7-8;/h3-7,9H,1-2H3;1H4. The number of hydrogen-bond acceptors (Lipinski definition) is 3. The van der Waals surface area contributed by atoms with E-state index in [1.165, 1.54) is 14.2 Å². The molecule has 0 unspecified atom stereocenters. The molecule has 0 saturated carbocycles. The topological polar surface area (TPSA) is 38.7 Å². The van der Waals surface area contributed by atoms with Crippen molar-refractivity contribution in [1.82, 2.24) is 0 Å². The zero-order valence-corrected chi connectivity index (χ0v) is 8.15. The molecule has 1 rings (SSSR count). The van der Waals surface area contributed by atoms with Gasteiger partial charge in [-0.15, -0.1) is 0 Å². The molecule has 1 aromatic carbocycles. The van der Waals surface area contributed by atoms with Gasteiger partial charge in [0.1, 0.15) is 0 Å². The first-order valence-electron chi connectivity index (χ1n) is 3.61. The monoisotopic (exact) mass is 200 g/mol. The molecule has 3 nitrogen and oxygen atoms in total. The number of rotatable bonds is 3. The third kappa shape index (κ3) is 2.63. The van der Waals surface area contributed by atoms with Crippen molar-refractivity contribution in [2.75, 3.05) is 14.2 Å². The van der Waals surface area contributed by atoms with Crippen molar-refractivity contribution in [3.63, 3.8) is 0 Å². The highest BCUT2D eigenvalue weighted by Crippen LogP contribution is 2.00. The zero-order valence-electron chi connectivity index (χ0n) is 7.15. The molecule has 0 aliphatic carbocycles. The molecule has 0 aliphatic rings. The molecule has 1 aromatic rings. The molecule has 0 bridgehead atoms. The van der Waals surface area contributed by atoms with Crippen molar-refractivity contribution in [2.45, 2.75) is 7.43 Å². The highest BCUT2D eigenvalue weighted by atomic mass is 28.4. The van der Waals surface area contributed by atoms with Crippen LogP contribution in [0.1, 0.15) is 7.43 Å². The van der Waals surface area contributed by atoms with Gasteiger partial charge in [0.15, 0.2) is 0 Å². The molecule has 0 radical (unpaired) electrons. The van der Waals surface area contributed by atoms with Crippen LogP contribution in [-0.4, -0.2) is 27.8 Å². The second-order valence-corrected chi connectivity index (χ2v) is 4.91. The summed E-state index contributed by atoms with van der Waals surface area (Å²) in [6.45, 7) is 0. The van der Waals surface area contributed by atoms with Gasteiger partial charge >= 0.3 is 8.80 Å². The number of benzene rings is 1. The summed E-state index contributed by atoms with van der Waals surface area (Å²) in [4.78, 5) is 9.79. The first-order chi connectivity index (χ1) is 5.73. The van der Waals surface area contributed by atoms with E-state index in [9.17, 15) is 4.80 Å². The van der Waals surface area contributed by atoms with E-state index in [4.69, 9.17) is 8.85 Å². The van der Waals surface area contributed by atoms with Crippen molar-refractivity contribution in [1.29, 1.82) is 0 Å². The molecule has 0 atom stereocenters. The van der Waals surface area contributed by atoms with Crippen LogP contribution in [0.3, 0.4) is 0 Å². The van der Waals surface area contributed by atoms with Gasteiger partial charge in [-0.3, -0.25) is 0 Å². The fourth-order valence-electron chi connectivity index (χ4n) is 0.968. The van der Waals surface area contributed by atoms with Crippen LogP contribution in [0.5, 0.6) is 0 Å². The van der Waals surface area contributed by atoms with Gasteiger partial charge in [0.2, 0.25) is 0 Å². The highest BCUT2D eigenvalue weighted by Gasteiger charge is 2.36. The highest BCUT2D eigenvalue weighted by molar-refractivity contribution is 6.74. The Labute approximate surface area is 80.3 Å². The summed E-state index contributed by atoms with van der Waals surface area (Å²) in [6, 6.07) is 9.14. The summed E-state index contributed by atoms with van der Waals surface area (Å²) in [5.41, 5.74) is 0. The van der Waals surface area contributed by atoms with Crippen molar-refractivity contribution in [2.24, 2.45) is 0 Å². The normalized spacial score (nSPS) is 10.7. The molecular weight excluding hydrogens is 184 g/mol. The van der Waals surface area contributed by atoms with Crippen LogP contribution in [-0.2, 0) is 8.85 Å². The van der Waals surface area contributed by atoms with Gasteiger partial charge in [-0.1, -0.05) is 37.8 Å². The average molecular weight is 200 g/mol. The maximum atomic E-state index is 9.79. The Balaban J connectivity index is 0.00000144. The first kappa shape index (κ1) is 12.3. The minimum absolute atomic E-state index is 0. The van der Waals surface area contributed by atoms with E-state index in [1.54, 1.807) is 12.1 Å². The van der Waals surface area contributed by atoms with Crippen molar-refractivity contribution in [3.8, 4) is 0 Å². The van der Waals surface area contributed by atoms with Crippen molar-refractivity contribution in [3.05, 3.63) is 30.3 Å². The lowest BCUT2D eigenvalue weighted by Crippen LogP contribution is -2.52. The van der Waals surface area contributed by atoms with E-state index in [0.717, 1.165) is 5.19 Å². The van der Waals surface area contributed by atoms with Gasteiger partial charge in [-0.25, -0.2) is 0 Å². The van der Waals surface area contributed by atoms with E-state index in [2.05, 4.69) is 0 Å². The summed E-state index contributed by atoms with van der Waals surface area (Å²) in [5.74, 6) is 0. The van der Waals surface area contributed by atoms with Crippen LogP contribution >= 0.6 is 0 Å². The molecule has 0 aliphatic heterocycles. The Morgan fingerprint density at radius 1 is 1.08 bits per heavy atom. The van der Waals surface area contributed by atoms with E-state index in [0.29, 0.717) is 0 Å². The minimum Gasteiger partial charge on any atom is -0.386 e. The zero-order chi connectivity index (χ0) is 9.03. The van der Waals surface area contributed by atoms with Gasteiger partial charge in [-0.2, -0.15) is 0 Å². The summed E-state index contributed by atoms with van der Waals surface area (Å²) >= 11 is 0. The Hall–Kier alpha value is -0.683. The molecule has 0 amide bonds. The predicted octanol–water partition coefficient (Wildman–Crippen LogP) is 0.754. The van der Waals surface area contributed by atoms with Gasteiger partial charge < -0.3 is 13.6 Å². The molecule has 0 fully saturated rings. The SMILES string of the molecule is C.CO[Si](O)(OC)c1ccccc1. The smallest absolute Gasteiger partial charge is 0.386 e. The van der Waals surface area contributed by atoms with E-state index < -0.39 is 8.80 Å². The largest absolute Gasteiger partial charge is 0.533 e. The molecule has 4 heteroatoms. The third-order valence-corrected chi connectivity index (χ3v) is 3.86. The van der Waals surface area contributed by atoms with E-state index in [-0.39, 0.29) is 7.43 Å². The maximum absolute atomic E-state index is 9.79. The van der Waals surface area contributed by atoms with Crippen molar-refractivity contribution < 1.29 is 13.6 Å². The van der Waals surface area contributed by atoms with Crippen LogP contribution in [0.2, 0.25) is 0 Å². The quantitative estimate of drug-likeness (QED) is 0.732. The Bertz CT molecular complexity index is 234. The molecular formula is C9H16O3Si.